The van der Waals surface area contributed by atoms with Crippen molar-refractivity contribution in [3.05, 3.63) is 16.1 Å². The fourth-order valence-corrected chi connectivity index (χ4v) is 3.58. The van der Waals surface area contributed by atoms with Crippen molar-refractivity contribution >= 4 is 17.2 Å². The zero-order valence-electron chi connectivity index (χ0n) is 11.9. The number of carbonyl (C=O) groups excluding carboxylic acids is 1. The van der Waals surface area contributed by atoms with Gasteiger partial charge in [0.2, 0.25) is 5.91 Å². The largest absolute Gasteiger partial charge is 0.434 e. The quantitative estimate of drug-likeness (QED) is 0.906. The molecule has 1 saturated carbocycles. The Bertz CT molecular complexity index is 493. The van der Waals surface area contributed by atoms with Gasteiger partial charge in [0.1, 0.15) is 5.01 Å². The Morgan fingerprint density at radius 1 is 1.38 bits per heavy atom. The van der Waals surface area contributed by atoms with Crippen LogP contribution < -0.4 is 5.32 Å². The van der Waals surface area contributed by atoms with Crippen molar-refractivity contribution in [2.24, 2.45) is 5.41 Å². The van der Waals surface area contributed by atoms with Gasteiger partial charge < -0.3 is 5.32 Å². The van der Waals surface area contributed by atoms with Gasteiger partial charge in [-0.2, -0.15) is 13.2 Å². The lowest BCUT2D eigenvalue weighted by Gasteiger charge is -2.34. The van der Waals surface area contributed by atoms with E-state index in [1.54, 1.807) is 0 Å². The minimum atomic E-state index is -4.42. The summed E-state index contributed by atoms with van der Waals surface area (Å²) in [7, 11) is 0. The first-order valence-corrected chi connectivity index (χ1v) is 8.05. The van der Waals surface area contributed by atoms with Crippen molar-refractivity contribution in [3.63, 3.8) is 0 Å². The normalized spacial score (nSPS) is 18.5. The van der Waals surface area contributed by atoms with Crippen LogP contribution in [-0.2, 0) is 17.5 Å². The third-order valence-electron chi connectivity index (χ3n) is 4.21. The van der Waals surface area contributed by atoms with Gasteiger partial charge in [-0.15, -0.1) is 11.3 Å². The van der Waals surface area contributed by atoms with Crippen LogP contribution in [0, 0.1) is 5.41 Å². The summed E-state index contributed by atoms with van der Waals surface area (Å²) in [4.78, 5) is 15.9. The number of hydrogen-bond donors (Lipinski definition) is 1. The van der Waals surface area contributed by atoms with Crippen LogP contribution in [0.4, 0.5) is 13.2 Å². The highest BCUT2D eigenvalue weighted by Crippen LogP contribution is 2.39. The first kappa shape index (κ1) is 16.3. The number of alkyl halides is 3. The summed E-state index contributed by atoms with van der Waals surface area (Å²) in [5, 5.41) is 4.04. The van der Waals surface area contributed by atoms with Gasteiger partial charge in [-0.3, -0.25) is 4.79 Å². The van der Waals surface area contributed by atoms with Gasteiger partial charge in [0.25, 0.3) is 0 Å². The molecule has 0 aromatic carbocycles. The van der Waals surface area contributed by atoms with E-state index in [-0.39, 0.29) is 22.9 Å². The molecule has 21 heavy (non-hydrogen) atoms. The molecular weight excluding hydrogens is 301 g/mol. The average Bonchev–Trinajstić information content (AvgIpc) is 2.94. The van der Waals surface area contributed by atoms with E-state index >= 15 is 0 Å². The predicted octanol–water partition coefficient (Wildman–Crippen LogP) is 4.14. The molecule has 0 aliphatic heterocycles. The van der Waals surface area contributed by atoms with Gasteiger partial charge in [0, 0.05) is 10.8 Å². The molecule has 0 saturated heterocycles. The standard InChI is InChI=1S/C14H19F3N2OS/c1-2-13(6-4-3-5-7-13)12(20)18-8-11-19-10(9-21-11)14(15,16)17/h9H,2-8H2,1H3,(H,18,20). The molecule has 1 amide bonds. The number of nitrogens with one attached hydrogen (secondary N) is 1. The molecular formula is C14H19F3N2OS. The molecule has 1 aromatic rings. The number of hydrogen-bond acceptors (Lipinski definition) is 3. The van der Waals surface area contributed by atoms with E-state index in [0.29, 0.717) is 0 Å². The Morgan fingerprint density at radius 3 is 2.57 bits per heavy atom. The maximum Gasteiger partial charge on any atom is 0.434 e. The second-order valence-electron chi connectivity index (χ2n) is 5.50. The first-order valence-electron chi connectivity index (χ1n) is 7.17. The minimum absolute atomic E-state index is 0.0477. The van der Waals surface area contributed by atoms with Crippen LogP contribution in [0.3, 0.4) is 0 Å². The summed E-state index contributed by atoms with van der Waals surface area (Å²) >= 11 is 0.926. The van der Waals surface area contributed by atoms with Gasteiger partial charge in [0.05, 0.1) is 6.54 Å². The molecule has 2 rings (SSSR count). The summed E-state index contributed by atoms with van der Waals surface area (Å²) in [6.07, 6.45) is 1.29. The highest BCUT2D eigenvalue weighted by atomic mass is 32.1. The van der Waals surface area contributed by atoms with E-state index in [1.165, 1.54) is 0 Å². The summed E-state index contributed by atoms with van der Waals surface area (Å²) in [5.41, 5.74) is -1.23. The highest BCUT2D eigenvalue weighted by Gasteiger charge is 2.38. The zero-order chi connectivity index (χ0) is 15.5. The van der Waals surface area contributed by atoms with E-state index in [9.17, 15) is 18.0 Å². The van der Waals surface area contributed by atoms with Gasteiger partial charge in [-0.05, 0) is 19.3 Å². The van der Waals surface area contributed by atoms with Gasteiger partial charge in [-0.1, -0.05) is 26.2 Å². The van der Waals surface area contributed by atoms with Gasteiger partial charge in [0.15, 0.2) is 5.69 Å². The number of nitrogens with zero attached hydrogens (tertiary/aromatic N) is 1. The zero-order valence-corrected chi connectivity index (χ0v) is 12.7. The molecule has 0 unspecified atom stereocenters. The topological polar surface area (TPSA) is 42.0 Å². The molecule has 0 radical (unpaired) electrons. The van der Waals surface area contributed by atoms with Crippen LogP contribution in [0.2, 0.25) is 0 Å². The molecule has 7 heteroatoms. The Hall–Kier alpha value is -1.11. The maximum atomic E-state index is 12.5. The molecule has 1 aliphatic carbocycles. The van der Waals surface area contributed by atoms with Crippen LogP contribution in [0.5, 0.6) is 0 Å². The summed E-state index contributed by atoms with van der Waals surface area (Å²) in [6.45, 7) is 2.07. The average molecular weight is 320 g/mol. The molecule has 1 aliphatic rings. The summed E-state index contributed by atoms with van der Waals surface area (Å²) < 4.78 is 37.4. The van der Waals surface area contributed by atoms with Crippen molar-refractivity contribution in [3.8, 4) is 0 Å². The predicted molar refractivity (Wildman–Crippen MR) is 74.8 cm³/mol. The molecule has 0 spiro atoms. The molecule has 0 bridgehead atoms. The first-order chi connectivity index (χ1) is 9.87. The van der Waals surface area contributed by atoms with E-state index in [1.807, 2.05) is 6.92 Å². The third-order valence-corrected chi connectivity index (χ3v) is 5.06. The van der Waals surface area contributed by atoms with Crippen molar-refractivity contribution in [2.45, 2.75) is 58.2 Å². The van der Waals surface area contributed by atoms with Crippen LogP contribution in [0.15, 0.2) is 5.38 Å². The van der Waals surface area contributed by atoms with Crippen LogP contribution in [-0.4, -0.2) is 10.9 Å². The lowest BCUT2D eigenvalue weighted by molar-refractivity contribution is -0.140. The van der Waals surface area contributed by atoms with Crippen molar-refractivity contribution in [1.82, 2.24) is 10.3 Å². The fraction of sp³-hybridized carbons (Fsp3) is 0.714. The van der Waals surface area contributed by atoms with E-state index in [0.717, 1.165) is 55.2 Å². The number of halogens is 3. The number of amides is 1. The van der Waals surface area contributed by atoms with E-state index in [4.69, 9.17) is 0 Å². The number of rotatable bonds is 4. The third kappa shape index (κ3) is 3.75. The Morgan fingerprint density at radius 2 is 2.05 bits per heavy atom. The number of aromatic nitrogens is 1. The van der Waals surface area contributed by atoms with Crippen molar-refractivity contribution in [2.75, 3.05) is 0 Å². The van der Waals surface area contributed by atoms with E-state index in [2.05, 4.69) is 10.3 Å². The molecule has 1 aromatic heterocycles. The molecule has 1 fully saturated rings. The molecule has 3 nitrogen and oxygen atoms in total. The van der Waals surface area contributed by atoms with Gasteiger partial charge in [-0.25, -0.2) is 4.98 Å². The fourth-order valence-electron chi connectivity index (χ4n) is 2.84. The SMILES string of the molecule is CCC1(C(=O)NCc2nc(C(F)(F)F)cs2)CCCCC1. The number of carbonyl (C=O) groups is 1. The molecule has 1 heterocycles. The lowest BCUT2D eigenvalue weighted by Crippen LogP contribution is -2.41. The highest BCUT2D eigenvalue weighted by molar-refractivity contribution is 7.09. The number of thiazole rings is 1. The molecule has 1 N–H and O–H groups in total. The van der Waals surface area contributed by atoms with Crippen LogP contribution >= 0.6 is 11.3 Å². The molecule has 118 valence electrons. The van der Waals surface area contributed by atoms with Crippen molar-refractivity contribution in [1.29, 1.82) is 0 Å². The monoisotopic (exact) mass is 320 g/mol. The van der Waals surface area contributed by atoms with Gasteiger partial charge >= 0.3 is 6.18 Å². The van der Waals surface area contributed by atoms with Crippen LogP contribution in [0.1, 0.15) is 56.2 Å². The second-order valence-corrected chi connectivity index (χ2v) is 6.44. The summed E-state index contributed by atoms with van der Waals surface area (Å²) in [5.74, 6) is -0.0477. The smallest absolute Gasteiger partial charge is 0.349 e. The van der Waals surface area contributed by atoms with E-state index < -0.39 is 11.9 Å². The molecule has 0 atom stereocenters. The Kier molecular flexibility index (Phi) is 4.91. The Labute approximate surface area is 126 Å². The second kappa shape index (κ2) is 6.34. The maximum absolute atomic E-state index is 12.5. The summed E-state index contributed by atoms with van der Waals surface area (Å²) in [6, 6.07) is 0. The minimum Gasteiger partial charge on any atom is -0.349 e. The lowest BCUT2D eigenvalue weighted by atomic mass is 9.71. The Balaban J connectivity index is 1.95. The van der Waals surface area contributed by atoms with Crippen LogP contribution in [0.25, 0.3) is 0 Å². The van der Waals surface area contributed by atoms with Crippen molar-refractivity contribution < 1.29 is 18.0 Å².